The van der Waals surface area contributed by atoms with Gasteiger partial charge in [0.1, 0.15) is 6.61 Å². The standard InChI is InChI=1S/C26H27F4NO2/c1-3-4-5-6-7-14-32-21-13-10-19(24(28)26(21)30)20-11-9-18(15-31-20)16-33-22-12-8-17(2)23(27)25(22)29/h8-13,15H,3-7,14,16H2,1-2H3. The first-order valence-electron chi connectivity index (χ1n) is 11.1. The number of pyridine rings is 1. The van der Waals surface area contributed by atoms with Crippen LogP contribution in [0.3, 0.4) is 0 Å². The van der Waals surface area contributed by atoms with E-state index in [1.807, 2.05) is 0 Å². The predicted octanol–water partition coefficient (Wildman–Crippen LogP) is 7.54. The molecule has 7 heteroatoms. The topological polar surface area (TPSA) is 31.4 Å². The van der Waals surface area contributed by atoms with Gasteiger partial charge in [-0.1, -0.05) is 44.7 Å². The first-order chi connectivity index (χ1) is 15.9. The highest BCUT2D eigenvalue weighted by Gasteiger charge is 2.17. The van der Waals surface area contributed by atoms with E-state index in [9.17, 15) is 17.6 Å². The zero-order valence-corrected chi connectivity index (χ0v) is 18.8. The quantitative estimate of drug-likeness (QED) is 0.218. The molecule has 0 saturated carbocycles. The highest BCUT2D eigenvalue weighted by molar-refractivity contribution is 5.61. The van der Waals surface area contributed by atoms with Crippen LogP contribution >= 0.6 is 0 Å². The fraction of sp³-hybridized carbons (Fsp3) is 0.346. The van der Waals surface area contributed by atoms with Crippen LogP contribution in [-0.4, -0.2) is 11.6 Å². The molecule has 3 aromatic rings. The molecule has 3 nitrogen and oxygen atoms in total. The normalized spacial score (nSPS) is 11.0. The summed E-state index contributed by atoms with van der Waals surface area (Å²) in [5.74, 6) is -4.43. The summed E-state index contributed by atoms with van der Waals surface area (Å²) in [4.78, 5) is 4.16. The third kappa shape index (κ3) is 6.24. The Kier molecular flexibility index (Phi) is 8.69. The summed E-state index contributed by atoms with van der Waals surface area (Å²) < 4.78 is 67.3. The van der Waals surface area contributed by atoms with E-state index in [-0.39, 0.29) is 34.9 Å². The number of benzene rings is 2. The maximum Gasteiger partial charge on any atom is 0.201 e. The number of rotatable bonds is 11. The van der Waals surface area contributed by atoms with Crippen LogP contribution in [0.4, 0.5) is 17.6 Å². The van der Waals surface area contributed by atoms with Gasteiger partial charge in [-0.3, -0.25) is 4.98 Å². The summed E-state index contributed by atoms with van der Waals surface area (Å²) in [6, 6.07) is 8.70. The Balaban J connectivity index is 1.62. The van der Waals surface area contributed by atoms with Crippen LogP contribution in [0.5, 0.6) is 11.5 Å². The van der Waals surface area contributed by atoms with Crippen LogP contribution in [0.2, 0.25) is 0 Å². The van der Waals surface area contributed by atoms with Gasteiger partial charge in [-0.2, -0.15) is 8.78 Å². The van der Waals surface area contributed by atoms with E-state index in [0.29, 0.717) is 12.2 Å². The maximum atomic E-state index is 14.6. The Morgan fingerprint density at radius 1 is 0.727 bits per heavy atom. The van der Waals surface area contributed by atoms with Gasteiger partial charge < -0.3 is 9.47 Å². The summed E-state index contributed by atoms with van der Waals surface area (Å²) in [6.07, 6.45) is 6.57. The zero-order chi connectivity index (χ0) is 23.8. The molecule has 1 aromatic heterocycles. The largest absolute Gasteiger partial charge is 0.490 e. The van der Waals surface area contributed by atoms with Crippen molar-refractivity contribution in [2.24, 2.45) is 0 Å². The third-order valence-electron chi connectivity index (χ3n) is 5.29. The summed E-state index contributed by atoms with van der Waals surface area (Å²) in [5, 5.41) is 0. The molecule has 0 aliphatic rings. The van der Waals surface area contributed by atoms with Crippen LogP contribution in [0.1, 0.15) is 50.2 Å². The number of aryl methyl sites for hydroxylation is 1. The monoisotopic (exact) mass is 461 g/mol. The summed E-state index contributed by atoms with van der Waals surface area (Å²) in [6.45, 7) is 3.85. The summed E-state index contributed by atoms with van der Waals surface area (Å²) in [5.41, 5.74) is 0.974. The van der Waals surface area contributed by atoms with E-state index < -0.39 is 23.3 Å². The average molecular weight is 461 g/mol. The number of halogens is 4. The van der Waals surface area contributed by atoms with Gasteiger partial charge >= 0.3 is 0 Å². The molecule has 0 N–H and O–H groups in total. The molecule has 33 heavy (non-hydrogen) atoms. The first kappa shape index (κ1) is 24.6. The maximum absolute atomic E-state index is 14.6. The van der Waals surface area contributed by atoms with Crippen molar-refractivity contribution in [1.82, 2.24) is 4.98 Å². The molecule has 1 heterocycles. The van der Waals surface area contributed by atoms with Gasteiger partial charge in [0.2, 0.25) is 11.6 Å². The molecule has 0 aliphatic heterocycles. The minimum atomic E-state index is -1.06. The lowest BCUT2D eigenvalue weighted by Crippen LogP contribution is -2.03. The van der Waals surface area contributed by atoms with Gasteiger partial charge in [-0.05, 0) is 43.2 Å². The molecule has 0 fully saturated rings. The molecule has 176 valence electrons. The number of nitrogens with zero attached hydrogens (tertiary/aromatic N) is 1. The Hall–Kier alpha value is -3.09. The lowest BCUT2D eigenvalue weighted by molar-refractivity contribution is 0.284. The van der Waals surface area contributed by atoms with Crippen molar-refractivity contribution >= 4 is 0 Å². The van der Waals surface area contributed by atoms with Crippen molar-refractivity contribution in [1.29, 1.82) is 0 Å². The fourth-order valence-electron chi connectivity index (χ4n) is 3.30. The fourth-order valence-corrected chi connectivity index (χ4v) is 3.30. The van der Waals surface area contributed by atoms with Crippen LogP contribution < -0.4 is 9.47 Å². The first-order valence-corrected chi connectivity index (χ1v) is 11.1. The molecule has 0 radical (unpaired) electrons. The van der Waals surface area contributed by atoms with Gasteiger partial charge in [0.05, 0.1) is 12.3 Å². The van der Waals surface area contributed by atoms with E-state index in [0.717, 1.165) is 32.1 Å². The van der Waals surface area contributed by atoms with E-state index in [1.165, 1.54) is 43.5 Å². The summed E-state index contributed by atoms with van der Waals surface area (Å²) >= 11 is 0. The minimum absolute atomic E-state index is 0.00177. The Morgan fingerprint density at radius 2 is 1.42 bits per heavy atom. The van der Waals surface area contributed by atoms with Crippen molar-refractivity contribution in [2.75, 3.05) is 6.61 Å². The molecule has 3 rings (SSSR count). The molecule has 0 aliphatic carbocycles. The van der Waals surface area contributed by atoms with Gasteiger partial charge in [0, 0.05) is 17.3 Å². The SMILES string of the molecule is CCCCCCCOc1ccc(-c2ccc(COc3ccc(C)c(F)c3F)cn2)c(F)c1F. The Morgan fingerprint density at radius 3 is 2.15 bits per heavy atom. The van der Waals surface area contributed by atoms with Crippen molar-refractivity contribution in [3.63, 3.8) is 0 Å². The van der Waals surface area contributed by atoms with Gasteiger partial charge in [-0.25, -0.2) is 8.78 Å². The van der Waals surface area contributed by atoms with Gasteiger partial charge in [0.15, 0.2) is 23.1 Å². The van der Waals surface area contributed by atoms with Gasteiger partial charge in [-0.15, -0.1) is 0 Å². The average Bonchev–Trinajstić information content (AvgIpc) is 2.82. The van der Waals surface area contributed by atoms with Crippen molar-refractivity contribution in [3.05, 3.63) is 77.0 Å². The Bertz CT molecular complexity index is 1070. The van der Waals surface area contributed by atoms with Crippen LogP contribution in [-0.2, 0) is 6.61 Å². The zero-order valence-electron chi connectivity index (χ0n) is 18.8. The van der Waals surface area contributed by atoms with E-state index in [2.05, 4.69) is 11.9 Å². The molecule has 0 atom stereocenters. The minimum Gasteiger partial charge on any atom is -0.490 e. The number of ether oxygens (including phenoxy) is 2. The third-order valence-corrected chi connectivity index (χ3v) is 5.29. The number of hydrogen-bond donors (Lipinski definition) is 0. The van der Waals surface area contributed by atoms with Crippen molar-refractivity contribution in [3.8, 4) is 22.8 Å². The molecular formula is C26H27F4NO2. The lowest BCUT2D eigenvalue weighted by atomic mass is 10.1. The predicted molar refractivity (Wildman–Crippen MR) is 119 cm³/mol. The molecule has 0 bridgehead atoms. The second kappa shape index (κ2) is 11.7. The smallest absolute Gasteiger partial charge is 0.201 e. The second-order valence-electron chi connectivity index (χ2n) is 7.85. The molecule has 0 saturated heterocycles. The van der Waals surface area contributed by atoms with Crippen molar-refractivity contribution < 1.29 is 27.0 Å². The lowest BCUT2D eigenvalue weighted by Gasteiger charge is -2.11. The molecule has 0 amide bonds. The van der Waals surface area contributed by atoms with Gasteiger partial charge in [0.25, 0.3) is 0 Å². The molecule has 0 unspecified atom stereocenters. The van der Waals surface area contributed by atoms with E-state index >= 15 is 0 Å². The van der Waals surface area contributed by atoms with Crippen LogP contribution in [0.15, 0.2) is 42.6 Å². The Labute approximate surface area is 191 Å². The van der Waals surface area contributed by atoms with Crippen molar-refractivity contribution in [2.45, 2.75) is 52.6 Å². The number of hydrogen-bond acceptors (Lipinski definition) is 3. The highest BCUT2D eigenvalue weighted by atomic mass is 19.2. The van der Waals surface area contributed by atoms with E-state index in [4.69, 9.17) is 9.47 Å². The number of unbranched alkanes of at least 4 members (excludes halogenated alkanes) is 4. The van der Waals surface area contributed by atoms with Crippen LogP contribution in [0.25, 0.3) is 11.3 Å². The molecule has 2 aromatic carbocycles. The molecule has 0 spiro atoms. The highest BCUT2D eigenvalue weighted by Crippen LogP contribution is 2.29. The summed E-state index contributed by atoms with van der Waals surface area (Å²) in [7, 11) is 0. The number of aromatic nitrogens is 1. The van der Waals surface area contributed by atoms with E-state index in [1.54, 1.807) is 6.07 Å². The van der Waals surface area contributed by atoms with Crippen LogP contribution in [0, 0.1) is 30.2 Å². The molecular weight excluding hydrogens is 434 g/mol. The second-order valence-corrected chi connectivity index (χ2v) is 7.85.